The number of aromatic amines is 1. The van der Waals surface area contributed by atoms with Crippen molar-refractivity contribution in [3.63, 3.8) is 0 Å². The molecule has 0 aliphatic rings. The first-order valence-electron chi connectivity index (χ1n) is 4.61. The Kier molecular flexibility index (Phi) is 2.75. The molecule has 0 bridgehead atoms. The molecule has 0 saturated carbocycles. The molecule has 0 atom stereocenters. The van der Waals surface area contributed by atoms with E-state index in [0.717, 1.165) is 10.9 Å². The summed E-state index contributed by atoms with van der Waals surface area (Å²) in [5, 5.41) is 1.26. The number of fused-ring (bicyclic) bond motifs is 1. The van der Waals surface area contributed by atoms with E-state index >= 15 is 0 Å². The van der Waals surface area contributed by atoms with Gasteiger partial charge in [0, 0.05) is 10.9 Å². The van der Waals surface area contributed by atoms with E-state index in [-0.39, 0.29) is 0 Å². The van der Waals surface area contributed by atoms with E-state index in [2.05, 4.69) is 9.72 Å². The second kappa shape index (κ2) is 4.06. The standard InChI is InChI=1S/C11H10ClNO3/c1-15-10-6-5-9(11(14)16-2)13-8(6)4-3-7(10)12/h3-5,13H,1-2H3. The number of hydrogen-bond donors (Lipinski definition) is 1. The molecule has 5 heteroatoms. The number of methoxy groups -OCH3 is 2. The Morgan fingerprint density at radius 1 is 1.38 bits per heavy atom. The summed E-state index contributed by atoms with van der Waals surface area (Å²) in [7, 11) is 2.86. The highest BCUT2D eigenvalue weighted by Gasteiger charge is 2.13. The summed E-state index contributed by atoms with van der Waals surface area (Å²) in [6.45, 7) is 0. The first-order valence-corrected chi connectivity index (χ1v) is 4.98. The van der Waals surface area contributed by atoms with E-state index in [4.69, 9.17) is 16.3 Å². The first-order chi connectivity index (χ1) is 7.67. The molecule has 1 heterocycles. The zero-order valence-electron chi connectivity index (χ0n) is 8.83. The van der Waals surface area contributed by atoms with Gasteiger partial charge in [-0.25, -0.2) is 4.79 Å². The van der Waals surface area contributed by atoms with Crippen LogP contribution in [0.2, 0.25) is 5.02 Å². The van der Waals surface area contributed by atoms with Crippen LogP contribution in [0.25, 0.3) is 10.9 Å². The van der Waals surface area contributed by atoms with Crippen molar-refractivity contribution in [3.05, 3.63) is 28.9 Å². The summed E-state index contributed by atoms with van der Waals surface area (Å²) >= 11 is 5.97. The van der Waals surface area contributed by atoms with E-state index in [1.54, 1.807) is 18.2 Å². The zero-order valence-corrected chi connectivity index (χ0v) is 9.59. The van der Waals surface area contributed by atoms with Gasteiger partial charge in [0.15, 0.2) is 0 Å². The van der Waals surface area contributed by atoms with Crippen molar-refractivity contribution in [2.45, 2.75) is 0 Å². The van der Waals surface area contributed by atoms with Crippen LogP contribution in [0, 0.1) is 0 Å². The number of carbonyl (C=O) groups is 1. The Morgan fingerprint density at radius 3 is 2.75 bits per heavy atom. The third-order valence-electron chi connectivity index (χ3n) is 2.32. The molecule has 1 N–H and O–H groups in total. The Bertz CT molecular complexity index is 547. The zero-order chi connectivity index (χ0) is 11.7. The lowest BCUT2D eigenvalue weighted by Crippen LogP contribution is -2.00. The molecule has 16 heavy (non-hydrogen) atoms. The van der Waals surface area contributed by atoms with Crippen LogP contribution in [0.3, 0.4) is 0 Å². The number of carbonyl (C=O) groups excluding carboxylic acids is 1. The number of nitrogens with one attached hydrogen (secondary N) is 1. The molecule has 0 amide bonds. The second-order valence-corrected chi connectivity index (χ2v) is 3.62. The van der Waals surface area contributed by atoms with Gasteiger partial charge in [0.2, 0.25) is 0 Å². The Morgan fingerprint density at radius 2 is 2.12 bits per heavy atom. The molecular formula is C11H10ClNO3. The van der Waals surface area contributed by atoms with Crippen molar-refractivity contribution in [2.24, 2.45) is 0 Å². The summed E-state index contributed by atoms with van der Waals surface area (Å²) in [6.07, 6.45) is 0. The minimum atomic E-state index is -0.422. The van der Waals surface area contributed by atoms with E-state index in [1.165, 1.54) is 14.2 Å². The molecule has 0 spiro atoms. The molecule has 2 rings (SSSR count). The molecule has 0 fully saturated rings. The Hall–Kier alpha value is -1.68. The smallest absolute Gasteiger partial charge is 0.354 e. The Balaban J connectivity index is 2.65. The number of aromatic nitrogens is 1. The molecule has 0 saturated heterocycles. The highest BCUT2D eigenvalue weighted by molar-refractivity contribution is 6.33. The summed E-state index contributed by atoms with van der Waals surface area (Å²) < 4.78 is 9.81. The van der Waals surface area contributed by atoms with Gasteiger partial charge in [0.05, 0.1) is 19.2 Å². The molecule has 0 radical (unpaired) electrons. The fraction of sp³-hybridized carbons (Fsp3) is 0.182. The topological polar surface area (TPSA) is 51.3 Å². The summed E-state index contributed by atoms with van der Waals surface area (Å²) in [5.74, 6) is 0.125. The molecule has 2 aromatic rings. The molecule has 0 aliphatic carbocycles. The van der Waals surface area contributed by atoms with Gasteiger partial charge in [-0.05, 0) is 18.2 Å². The van der Waals surface area contributed by atoms with Crippen molar-refractivity contribution in [1.29, 1.82) is 0 Å². The lowest BCUT2D eigenvalue weighted by Gasteiger charge is -2.03. The average molecular weight is 240 g/mol. The largest absolute Gasteiger partial charge is 0.494 e. The number of H-pyrrole nitrogens is 1. The Labute approximate surface area is 97.1 Å². The van der Waals surface area contributed by atoms with Crippen LogP contribution in [0.1, 0.15) is 10.5 Å². The lowest BCUT2D eigenvalue weighted by molar-refractivity contribution is 0.0595. The van der Waals surface area contributed by atoms with Crippen molar-refractivity contribution in [1.82, 2.24) is 4.98 Å². The molecule has 84 valence electrons. The summed E-state index contributed by atoms with van der Waals surface area (Å²) in [5.41, 5.74) is 1.15. The number of hydrogen-bond acceptors (Lipinski definition) is 3. The highest BCUT2D eigenvalue weighted by atomic mass is 35.5. The van der Waals surface area contributed by atoms with Gasteiger partial charge < -0.3 is 14.5 Å². The minimum absolute atomic E-state index is 0.373. The maximum atomic E-state index is 11.3. The SMILES string of the molecule is COC(=O)c1cc2c(OC)c(Cl)ccc2[nH]1. The van der Waals surface area contributed by atoms with Crippen LogP contribution < -0.4 is 4.74 Å². The van der Waals surface area contributed by atoms with Crippen LogP contribution >= 0.6 is 11.6 Å². The number of rotatable bonds is 2. The van der Waals surface area contributed by atoms with Gasteiger partial charge in [-0.3, -0.25) is 0 Å². The predicted molar refractivity (Wildman–Crippen MR) is 61.2 cm³/mol. The van der Waals surface area contributed by atoms with Crippen LogP contribution in [0.15, 0.2) is 18.2 Å². The predicted octanol–water partition coefficient (Wildman–Crippen LogP) is 2.62. The van der Waals surface area contributed by atoms with Crippen molar-refractivity contribution >= 4 is 28.5 Å². The summed E-state index contributed by atoms with van der Waals surface area (Å²) in [4.78, 5) is 14.3. The fourth-order valence-electron chi connectivity index (χ4n) is 1.58. The quantitative estimate of drug-likeness (QED) is 0.820. The van der Waals surface area contributed by atoms with Gasteiger partial charge in [-0.2, -0.15) is 0 Å². The van der Waals surface area contributed by atoms with E-state index in [9.17, 15) is 4.79 Å². The van der Waals surface area contributed by atoms with E-state index < -0.39 is 5.97 Å². The minimum Gasteiger partial charge on any atom is -0.494 e. The maximum absolute atomic E-state index is 11.3. The average Bonchev–Trinajstić information content (AvgIpc) is 2.71. The second-order valence-electron chi connectivity index (χ2n) is 3.22. The summed E-state index contributed by atoms with van der Waals surface area (Å²) in [6, 6.07) is 5.15. The molecule has 1 aromatic carbocycles. The number of benzene rings is 1. The first kappa shape index (κ1) is 10.8. The van der Waals surface area contributed by atoms with Gasteiger partial charge in [0.25, 0.3) is 0 Å². The monoisotopic (exact) mass is 239 g/mol. The van der Waals surface area contributed by atoms with Crippen LogP contribution in [0.5, 0.6) is 5.75 Å². The van der Waals surface area contributed by atoms with Crippen molar-refractivity contribution in [2.75, 3.05) is 14.2 Å². The number of esters is 1. The van der Waals surface area contributed by atoms with E-state index in [0.29, 0.717) is 16.5 Å². The maximum Gasteiger partial charge on any atom is 0.354 e. The van der Waals surface area contributed by atoms with E-state index in [1.807, 2.05) is 0 Å². The van der Waals surface area contributed by atoms with Gasteiger partial charge >= 0.3 is 5.97 Å². The van der Waals surface area contributed by atoms with Gasteiger partial charge in [0.1, 0.15) is 11.4 Å². The third-order valence-corrected chi connectivity index (χ3v) is 2.61. The fourth-order valence-corrected chi connectivity index (χ4v) is 1.82. The van der Waals surface area contributed by atoms with Crippen LogP contribution in [0.4, 0.5) is 0 Å². The highest BCUT2D eigenvalue weighted by Crippen LogP contribution is 2.33. The van der Waals surface area contributed by atoms with Crippen LogP contribution in [-0.2, 0) is 4.74 Å². The molecular weight excluding hydrogens is 230 g/mol. The van der Waals surface area contributed by atoms with Crippen molar-refractivity contribution in [3.8, 4) is 5.75 Å². The molecule has 0 unspecified atom stereocenters. The van der Waals surface area contributed by atoms with Crippen LogP contribution in [-0.4, -0.2) is 25.2 Å². The van der Waals surface area contributed by atoms with Gasteiger partial charge in [-0.15, -0.1) is 0 Å². The lowest BCUT2D eigenvalue weighted by atomic mass is 10.2. The van der Waals surface area contributed by atoms with Gasteiger partial charge in [-0.1, -0.05) is 11.6 Å². The van der Waals surface area contributed by atoms with Crippen molar-refractivity contribution < 1.29 is 14.3 Å². The normalized spacial score (nSPS) is 10.4. The molecule has 1 aromatic heterocycles. The number of halogens is 1. The molecule has 0 aliphatic heterocycles. The molecule has 4 nitrogen and oxygen atoms in total. The number of ether oxygens (including phenoxy) is 2. The third kappa shape index (κ3) is 1.61.